The first-order valence-corrected chi connectivity index (χ1v) is 15.3. The fraction of sp³-hybridized carbons (Fsp3) is 0.265. The molecule has 0 amide bonds. The molecule has 0 radical (unpaired) electrons. The maximum atomic E-state index is 15.4. The minimum atomic E-state index is -5.20. The number of fused-ring (bicyclic) bond motifs is 1. The second-order valence-corrected chi connectivity index (χ2v) is 12.5. The molecule has 1 aliphatic rings. The first-order chi connectivity index (χ1) is 22.2. The lowest BCUT2D eigenvalue weighted by molar-refractivity contribution is -0.275. The first-order valence-electron chi connectivity index (χ1n) is 14.5. The van der Waals surface area contributed by atoms with Gasteiger partial charge < -0.3 is 9.47 Å². The topological polar surface area (TPSA) is 31.4 Å². The summed E-state index contributed by atoms with van der Waals surface area (Å²) in [5, 5.41) is -0.904. The predicted octanol–water partition coefficient (Wildman–Crippen LogP) is 11.5. The zero-order chi connectivity index (χ0) is 33.7. The van der Waals surface area contributed by atoms with Gasteiger partial charge >= 0.3 is 12.5 Å². The Kier molecular flexibility index (Phi) is 8.62. The fourth-order valence-corrected chi connectivity index (χ4v) is 6.68. The van der Waals surface area contributed by atoms with E-state index in [-0.39, 0.29) is 32.8 Å². The van der Waals surface area contributed by atoms with E-state index >= 15 is 13.2 Å². The molecular formula is C34H24F9NO2S. The number of rotatable bonds is 7. The molecule has 1 saturated carbocycles. The van der Waals surface area contributed by atoms with Crippen molar-refractivity contribution in [1.82, 2.24) is 4.98 Å². The molecule has 13 heteroatoms. The van der Waals surface area contributed by atoms with Crippen LogP contribution in [0.4, 0.5) is 39.5 Å². The van der Waals surface area contributed by atoms with Gasteiger partial charge in [0, 0.05) is 11.6 Å². The van der Waals surface area contributed by atoms with Crippen LogP contribution >= 0.6 is 11.3 Å². The van der Waals surface area contributed by atoms with Gasteiger partial charge in [-0.25, -0.2) is 22.5 Å². The Hall–Kier alpha value is -4.26. The smallest absolute Gasteiger partial charge is 0.427 e. The van der Waals surface area contributed by atoms with Crippen LogP contribution in [-0.4, -0.2) is 11.3 Å². The Morgan fingerprint density at radius 2 is 1.40 bits per heavy atom. The van der Waals surface area contributed by atoms with Crippen molar-refractivity contribution < 1.29 is 49.0 Å². The number of benzene rings is 4. The molecule has 1 aromatic heterocycles. The van der Waals surface area contributed by atoms with E-state index in [9.17, 15) is 26.3 Å². The minimum Gasteiger partial charge on any atom is -0.427 e. The van der Waals surface area contributed by atoms with Gasteiger partial charge in [0.15, 0.2) is 11.6 Å². The van der Waals surface area contributed by atoms with E-state index in [2.05, 4.69) is 21.4 Å². The average Bonchev–Trinajstić information content (AvgIpc) is 3.43. The first kappa shape index (κ1) is 32.7. The van der Waals surface area contributed by atoms with Crippen LogP contribution in [0.2, 0.25) is 0 Å². The highest BCUT2D eigenvalue weighted by molar-refractivity contribution is 7.18. The van der Waals surface area contributed by atoms with Crippen molar-refractivity contribution >= 4 is 21.6 Å². The summed E-state index contributed by atoms with van der Waals surface area (Å²) in [6.45, 7) is 2.19. The zero-order valence-electron chi connectivity index (χ0n) is 24.4. The van der Waals surface area contributed by atoms with Crippen molar-refractivity contribution in [3.05, 3.63) is 101 Å². The molecule has 1 fully saturated rings. The van der Waals surface area contributed by atoms with Crippen molar-refractivity contribution in [1.29, 1.82) is 0 Å². The molecule has 4 aromatic carbocycles. The number of nitrogens with zero attached hydrogens (tertiary/aromatic N) is 1. The third kappa shape index (κ3) is 7.04. The number of aromatic nitrogens is 1. The SMILES string of the molecule is CC1CCC(c2ccc(-c3cc(F)c(-c4ccc5nc(C(F)(F)Oc6ccc(OC(F)(F)F)c(F)c6)sc5c4)c(F)c3)c(F)c2)CC1. The number of ether oxygens (including phenoxy) is 2. The van der Waals surface area contributed by atoms with Gasteiger partial charge in [0.05, 0.1) is 15.8 Å². The molecule has 0 saturated heterocycles. The van der Waals surface area contributed by atoms with E-state index < -0.39 is 57.8 Å². The van der Waals surface area contributed by atoms with Crippen molar-refractivity contribution in [2.45, 2.75) is 51.0 Å². The molecular weight excluding hydrogens is 657 g/mol. The van der Waals surface area contributed by atoms with Gasteiger partial charge in [-0.05, 0) is 83.8 Å². The highest BCUT2D eigenvalue weighted by Crippen LogP contribution is 2.41. The number of halogens is 9. The summed E-state index contributed by atoms with van der Waals surface area (Å²) in [4.78, 5) is 3.80. The zero-order valence-corrected chi connectivity index (χ0v) is 25.2. The van der Waals surface area contributed by atoms with Gasteiger partial charge in [0.2, 0.25) is 5.01 Å². The van der Waals surface area contributed by atoms with Crippen LogP contribution in [0, 0.1) is 29.2 Å². The van der Waals surface area contributed by atoms with Crippen LogP contribution in [0.5, 0.6) is 11.5 Å². The van der Waals surface area contributed by atoms with Crippen LogP contribution in [-0.2, 0) is 6.11 Å². The van der Waals surface area contributed by atoms with Gasteiger partial charge in [0.25, 0.3) is 0 Å². The van der Waals surface area contributed by atoms with Crippen LogP contribution < -0.4 is 9.47 Å². The summed E-state index contributed by atoms with van der Waals surface area (Å²) in [6, 6.07) is 12.0. The standard InChI is InChI=1S/C34H24F9NO2S/c1-17-2-4-18(5-3-17)19-6-9-23(24(35)12-19)21-13-26(37)31(27(38)14-21)20-7-10-28-30(15-20)47-32(44-28)33(39,40)45-22-8-11-29(25(36)16-22)46-34(41,42)43/h6-18H,2-5H2,1H3. The summed E-state index contributed by atoms with van der Waals surface area (Å²) in [7, 11) is 0. The fourth-order valence-electron chi connectivity index (χ4n) is 5.77. The molecule has 0 spiro atoms. The molecule has 0 aliphatic heterocycles. The monoisotopic (exact) mass is 681 g/mol. The second kappa shape index (κ2) is 12.4. The minimum absolute atomic E-state index is 0.00236. The highest BCUT2D eigenvalue weighted by Gasteiger charge is 2.39. The maximum absolute atomic E-state index is 15.4. The van der Waals surface area contributed by atoms with Crippen LogP contribution in [0.15, 0.2) is 66.7 Å². The van der Waals surface area contributed by atoms with E-state index in [1.807, 2.05) is 0 Å². The summed E-state index contributed by atoms with van der Waals surface area (Å²) in [5.41, 5.74) is 0.461. The number of alkyl halides is 5. The number of hydrogen-bond donors (Lipinski definition) is 0. The Bertz CT molecular complexity index is 1930. The van der Waals surface area contributed by atoms with Gasteiger partial charge in [0.1, 0.15) is 23.2 Å². The number of hydrogen-bond acceptors (Lipinski definition) is 4. The molecule has 1 heterocycles. The number of thiazole rings is 1. The molecule has 3 nitrogen and oxygen atoms in total. The van der Waals surface area contributed by atoms with Crippen molar-refractivity contribution in [2.75, 3.05) is 0 Å². The lowest BCUT2D eigenvalue weighted by Gasteiger charge is -2.26. The maximum Gasteiger partial charge on any atom is 0.573 e. The Labute approximate surface area is 266 Å². The van der Waals surface area contributed by atoms with Crippen molar-refractivity contribution in [3.8, 4) is 33.8 Å². The predicted molar refractivity (Wildman–Crippen MR) is 158 cm³/mol. The molecule has 5 aromatic rings. The average molecular weight is 682 g/mol. The van der Waals surface area contributed by atoms with Crippen molar-refractivity contribution in [2.24, 2.45) is 5.92 Å². The van der Waals surface area contributed by atoms with E-state index in [0.717, 1.165) is 43.4 Å². The molecule has 1 aliphatic carbocycles. The van der Waals surface area contributed by atoms with E-state index in [1.165, 1.54) is 30.3 Å². The van der Waals surface area contributed by atoms with Gasteiger partial charge in [-0.15, -0.1) is 24.5 Å². The van der Waals surface area contributed by atoms with E-state index in [4.69, 9.17) is 0 Å². The third-order valence-corrected chi connectivity index (χ3v) is 9.20. The Morgan fingerprint density at radius 1 is 0.702 bits per heavy atom. The lowest BCUT2D eigenvalue weighted by Crippen LogP contribution is -2.22. The molecule has 0 N–H and O–H groups in total. The highest BCUT2D eigenvalue weighted by atomic mass is 32.1. The summed E-state index contributed by atoms with van der Waals surface area (Å²) in [5.74, 6) is -5.36. The van der Waals surface area contributed by atoms with Gasteiger partial charge in [-0.2, -0.15) is 8.78 Å². The normalized spacial score (nSPS) is 17.2. The summed E-state index contributed by atoms with van der Waals surface area (Å²) >= 11 is 0.426. The molecule has 0 atom stereocenters. The molecule has 47 heavy (non-hydrogen) atoms. The van der Waals surface area contributed by atoms with Gasteiger partial charge in [-0.3, -0.25) is 0 Å². The van der Waals surface area contributed by atoms with Gasteiger partial charge in [-0.1, -0.05) is 38.0 Å². The quantitative estimate of drug-likeness (QED) is 0.160. The van der Waals surface area contributed by atoms with Crippen LogP contribution in [0.25, 0.3) is 32.5 Å². The molecule has 6 rings (SSSR count). The van der Waals surface area contributed by atoms with Crippen LogP contribution in [0.3, 0.4) is 0 Å². The molecule has 0 unspecified atom stereocenters. The van der Waals surface area contributed by atoms with E-state index in [0.29, 0.717) is 35.5 Å². The largest absolute Gasteiger partial charge is 0.573 e. The Morgan fingerprint density at radius 3 is 2.04 bits per heavy atom. The summed E-state index contributed by atoms with van der Waals surface area (Å²) < 4.78 is 135. The van der Waals surface area contributed by atoms with Crippen molar-refractivity contribution in [3.63, 3.8) is 0 Å². The Balaban J connectivity index is 1.23. The summed E-state index contributed by atoms with van der Waals surface area (Å²) in [6.07, 6.45) is -5.34. The van der Waals surface area contributed by atoms with E-state index in [1.54, 1.807) is 6.07 Å². The third-order valence-electron chi connectivity index (χ3n) is 8.13. The second-order valence-electron chi connectivity index (χ2n) is 11.5. The molecule has 246 valence electrons. The molecule has 0 bridgehead atoms. The lowest BCUT2D eigenvalue weighted by atomic mass is 9.79. The van der Waals surface area contributed by atoms with Crippen LogP contribution in [0.1, 0.15) is 49.1 Å².